The third-order valence-electron chi connectivity index (χ3n) is 3.27. The topological polar surface area (TPSA) is 35.0 Å². The highest BCUT2D eigenvalue weighted by Gasteiger charge is 2.07. The van der Waals surface area contributed by atoms with Crippen LogP contribution in [0.3, 0.4) is 0 Å². The van der Waals surface area contributed by atoms with Gasteiger partial charge in [0.15, 0.2) is 11.6 Å². The molecule has 0 atom stereocenters. The molecule has 0 fully saturated rings. The minimum absolute atomic E-state index is 0.269. The van der Waals surface area contributed by atoms with Crippen molar-refractivity contribution in [3.05, 3.63) is 42.1 Å². The Labute approximate surface area is 125 Å². The van der Waals surface area contributed by atoms with Gasteiger partial charge in [-0.2, -0.15) is 0 Å². The van der Waals surface area contributed by atoms with Crippen molar-refractivity contribution in [3.63, 3.8) is 0 Å². The van der Waals surface area contributed by atoms with E-state index in [1.54, 1.807) is 24.5 Å². The van der Waals surface area contributed by atoms with Gasteiger partial charge in [0.25, 0.3) is 0 Å². The SMILES string of the molecule is CCCCCc1cnc(-c2ccc(OCC)c(F)c2)cn1. The lowest BCUT2D eigenvalue weighted by Crippen LogP contribution is -1.96. The average molecular weight is 288 g/mol. The third-order valence-corrected chi connectivity index (χ3v) is 3.27. The number of hydrogen-bond donors (Lipinski definition) is 0. The highest BCUT2D eigenvalue weighted by Crippen LogP contribution is 2.24. The summed E-state index contributed by atoms with van der Waals surface area (Å²) in [5.41, 5.74) is 2.37. The van der Waals surface area contributed by atoms with Crippen LogP contribution in [-0.2, 0) is 6.42 Å². The molecule has 0 unspecified atom stereocenters. The van der Waals surface area contributed by atoms with Crippen LogP contribution in [0.4, 0.5) is 4.39 Å². The van der Waals surface area contributed by atoms with Gasteiger partial charge in [0.1, 0.15) is 0 Å². The Balaban J connectivity index is 2.09. The average Bonchev–Trinajstić information content (AvgIpc) is 2.50. The van der Waals surface area contributed by atoms with Gasteiger partial charge < -0.3 is 4.74 Å². The van der Waals surface area contributed by atoms with Crippen LogP contribution in [-0.4, -0.2) is 16.6 Å². The van der Waals surface area contributed by atoms with Crippen molar-refractivity contribution in [2.45, 2.75) is 39.5 Å². The number of nitrogens with zero attached hydrogens (tertiary/aromatic N) is 2. The second-order valence-electron chi connectivity index (χ2n) is 4.93. The molecule has 3 nitrogen and oxygen atoms in total. The lowest BCUT2D eigenvalue weighted by molar-refractivity contribution is 0.321. The Kier molecular flexibility index (Phi) is 5.67. The number of aromatic nitrogens is 2. The Morgan fingerprint density at radius 2 is 1.95 bits per heavy atom. The Hall–Kier alpha value is -1.97. The fourth-order valence-electron chi connectivity index (χ4n) is 2.12. The summed E-state index contributed by atoms with van der Waals surface area (Å²) in [7, 11) is 0. The molecule has 0 bridgehead atoms. The highest BCUT2D eigenvalue weighted by molar-refractivity contribution is 5.59. The molecule has 0 saturated heterocycles. The summed E-state index contributed by atoms with van der Waals surface area (Å²) in [4.78, 5) is 8.77. The zero-order valence-electron chi connectivity index (χ0n) is 12.6. The first kappa shape index (κ1) is 15.4. The molecule has 112 valence electrons. The molecule has 0 radical (unpaired) electrons. The van der Waals surface area contributed by atoms with E-state index in [1.165, 1.54) is 18.9 Å². The van der Waals surface area contributed by atoms with Gasteiger partial charge in [0.2, 0.25) is 0 Å². The second-order valence-corrected chi connectivity index (χ2v) is 4.93. The van der Waals surface area contributed by atoms with E-state index in [9.17, 15) is 4.39 Å². The maximum Gasteiger partial charge on any atom is 0.165 e. The van der Waals surface area contributed by atoms with Crippen LogP contribution < -0.4 is 4.74 Å². The molecule has 2 aromatic rings. The van der Waals surface area contributed by atoms with Gasteiger partial charge in [-0.25, -0.2) is 4.39 Å². The van der Waals surface area contributed by atoms with Crippen LogP contribution in [0.2, 0.25) is 0 Å². The molecule has 1 aromatic heterocycles. The van der Waals surface area contributed by atoms with Crippen LogP contribution in [0, 0.1) is 5.82 Å². The first-order valence-corrected chi connectivity index (χ1v) is 7.48. The molecule has 0 N–H and O–H groups in total. The van der Waals surface area contributed by atoms with E-state index in [0.717, 1.165) is 18.5 Å². The fraction of sp³-hybridized carbons (Fsp3) is 0.412. The summed E-state index contributed by atoms with van der Waals surface area (Å²) in [6.07, 6.45) is 7.95. The van der Waals surface area contributed by atoms with Crippen LogP contribution in [0.15, 0.2) is 30.6 Å². The molecule has 4 heteroatoms. The minimum Gasteiger partial charge on any atom is -0.491 e. The second kappa shape index (κ2) is 7.72. The first-order valence-electron chi connectivity index (χ1n) is 7.48. The largest absolute Gasteiger partial charge is 0.491 e. The van der Waals surface area contributed by atoms with Gasteiger partial charge in [-0.1, -0.05) is 19.8 Å². The summed E-state index contributed by atoms with van der Waals surface area (Å²) in [5, 5.41) is 0. The van der Waals surface area contributed by atoms with Gasteiger partial charge >= 0.3 is 0 Å². The zero-order chi connectivity index (χ0) is 15.1. The van der Waals surface area contributed by atoms with Crippen molar-refractivity contribution in [1.82, 2.24) is 9.97 Å². The quantitative estimate of drug-likeness (QED) is 0.708. The molecule has 0 aliphatic carbocycles. The van der Waals surface area contributed by atoms with E-state index in [-0.39, 0.29) is 11.6 Å². The highest BCUT2D eigenvalue weighted by atomic mass is 19.1. The van der Waals surface area contributed by atoms with E-state index >= 15 is 0 Å². The van der Waals surface area contributed by atoms with E-state index in [0.29, 0.717) is 17.9 Å². The van der Waals surface area contributed by atoms with E-state index in [4.69, 9.17) is 4.74 Å². The molecule has 0 aliphatic heterocycles. The van der Waals surface area contributed by atoms with Crippen LogP contribution in [0.1, 0.15) is 38.8 Å². The molecule has 2 rings (SSSR count). The summed E-state index contributed by atoms with van der Waals surface area (Å²) >= 11 is 0. The lowest BCUT2D eigenvalue weighted by Gasteiger charge is -2.07. The molecular weight excluding hydrogens is 267 g/mol. The normalized spacial score (nSPS) is 10.6. The number of aryl methyl sites for hydroxylation is 1. The summed E-state index contributed by atoms with van der Waals surface area (Å²) in [5.74, 6) is -0.103. The van der Waals surface area contributed by atoms with Gasteiger partial charge in [0.05, 0.1) is 24.2 Å². The number of halogens is 1. The van der Waals surface area contributed by atoms with Gasteiger partial charge in [0, 0.05) is 11.8 Å². The van der Waals surface area contributed by atoms with Crippen molar-refractivity contribution in [1.29, 1.82) is 0 Å². The standard InChI is InChI=1S/C17H21FN2O/c1-3-5-6-7-14-11-20-16(12-19-14)13-8-9-17(21-4-2)15(18)10-13/h8-12H,3-7H2,1-2H3. The monoisotopic (exact) mass is 288 g/mol. The van der Waals surface area contributed by atoms with Crippen LogP contribution in [0.25, 0.3) is 11.3 Å². The van der Waals surface area contributed by atoms with E-state index in [1.807, 2.05) is 6.92 Å². The smallest absolute Gasteiger partial charge is 0.165 e. The predicted molar refractivity (Wildman–Crippen MR) is 81.8 cm³/mol. The summed E-state index contributed by atoms with van der Waals surface area (Å²) in [6.45, 7) is 4.45. The fourth-order valence-corrected chi connectivity index (χ4v) is 2.12. The Morgan fingerprint density at radius 1 is 1.10 bits per heavy atom. The van der Waals surface area contributed by atoms with Crippen LogP contribution in [0.5, 0.6) is 5.75 Å². The molecule has 21 heavy (non-hydrogen) atoms. The Morgan fingerprint density at radius 3 is 2.57 bits per heavy atom. The Bertz CT molecular complexity index is 570. The number of ether oxygens (including phenoxy) is 1. The molecule has 1 heterocycles. The lowest BCUT2D eigenvalue weighted by atomic mass is 10.1. The van der Waals surface area contributed by atoms with E-state index in [2.05, 4.69) is 16.9 Å². The third kappa shape index (κ3) is 4.25. The number of hydrogen-bond acceptors (Lipinski definition) is 3. The predicted octanol–water partition coefficient (Wildman–Crippen LogP) is 4.41. The molecule has 1 aromatic carbocycles. The molecule has 0 saturated carbocycles. The minimum atomic E-state index is -0.372. The number of benzene rings is 1. The summed E-state index contributed by atoms with van der Waals surface area (Å²) < 4.78 is 19.0. The van der Waals surface area contributed by atoms with Gasteiger partial charge in [-0.05, 0) is 38.0 Å². The maximum absolute atomic E-state index is 13.8. The van der Waals surface area contributed by atoms with Gasteiger partial charge in [-0.3, -0.25) is 9.97 Å². The molecule has 0 aliphatic rings. The van der Waals surface area contributed by atoms with Crippen molar-refractivity contribution in [2.24, 2.45) is 0 Å². The van der Waals surface area contributed by atoms with Crippen molar-refractivity contribution in [3.8, 4) is 17.0 Å². The molecular formula is C17H21FN2O. The molecule has 0 amide bonds. The number of rotatable bonds is 7. The summed E-state index contributed by atoms with van der Waals surface area (Å²) in [6, 6.07) is 4.87. The maximum atomic E-state index is 13.8. The van der Waals surface area contributed by atoms with Crippen molar-refractivity contribution < 1.29 is 9.13 Å². The van der Waals surface area contributed by atoms with E-state index < -0.39 is 0 Å². The molecule has 0 spiro atoms. The van der Waals surface area contributed by atoms with Crippen molar-refractivity contribution in [2.75, 3.05) is 6.61 Å². The first-order chi connectivity index (χ1) is 10.2. The van der Waals surface area contributed by atoms with Crippen molar-refractivity contribution >= 4 is 0 Å². The van der Waals surface area contributed by atoms with Crippen LogP contribution >= 0.6 is 0 Å². The van der Waals surface area contributed by atoms with Gasteiger partial charge in [-0.15, -0.1) is 0 Å². The zero-order valence-corrected chi connectivity index (χ0v) is 12.6. The number of unbranched alkanes of at least 4 members (excludes halogenated alkanes) is 2.